The number of likely N-dealkylation sites (N-methyl/N-ethyl adjacent to an activating group) is 1. The Morgan fingerprint density at radius 1 is 1.22 bits per heavy atom. The van der Waals surface area contributed by atoms with E-state index in [0.29, 0.717) is 24.8 Å². The number of amides is 1. The first kappa shape index (κ1) is 18.9. The molecule has 0 heterocycles. The molecular weight excluding hydrogens is 336 g/mol. The van der Waals surface area contributed by atoms with E-state index in [2.05, 4.69) is 55.5 Å². The average molecular weight is 371 g/mol. The van der Waals surface area contributed by atoms with Crippen molar-refractivity contribution in [3.8, 4) is 0 Å². The summed E-state index contributed by atoms with van der Waals surface area (Å²) in [4.78, 5) is 15.0. The van der Waals surface area contributed by atoms with E-state index in [9.17, 15) is 9.90 Å². The molecule has 4 heteroatoms. The van der Waals surface area contributed by atoms with E-state index >= 15 is 0 Å². The van der Waals surface area contributed by atoms with Gasteiger partial charge >= 0.3 is 0 Å². The molecule has 0 aromatic heterocycles. The van der Waals surface area contributed by atoms with Gasteiger partial charge in [-0.2, -0.15) is 0 Å². The first-order valence-electron chi connectivity index (χ1n) is 10.5. The quantitative estimate of drug-likeness (QED) is 0.807. The summed E-state index contributed by atoms with van der Waals surface area (Å²) < 4.78 is 0. The van der Waals surface area contributed by atoms with Crippen LogP contribution in [0, 0.1) is 24.2 Å². The van der Waals surface area contributed by atoms with Crippen molar-refractivity contribution in [1.29, 1.82) is 0 Å². The number of hydrogen-bond donors (Lipinski definition) is 2. The molecular formula is C23H34N2O2. The molecule has 5 rings (SSSR count). The fraction of sp³-hybridized carbons (Fsp3) is 0.696. The maximum absolute atomic E-state index is 12.9. The smallest absolute Gasteiger partial charge is 0.220 e. The van der Waals surface area contributed by atoms with Gasteiger partial charge < -0.3 is 15.3 Å². The number of aliphatic hydroxyl groups is 1. The zero-order chi connectivity index (χ0) is 19.2. The van der Waals surface area contributed by atoms with Gasteiger partial charge in [0.2, 0.25) is 5.91 Å². The number of carbonyl (C=O) groups excluding carboxylic acids is 1. The fourth-order valence-electron chi connectivity index (χ4n) is 6.75. The molecule has 4 aliphatic carbocycles. The molecule has 4 saturated carbocycles. The first-order chi connectivity index (χ1) is 12.8. The second-order valence-corrected chi connectivity index (χ2v) is 10.0. The minimum absolute atomic E-state index is 0.0409. The Balaban J connectivity index is 1.40. The van der Waals surface area contributed by atoms with E-state index < -0.39 is 5.60 Å². The Morgan fingerprint density at radius 2 is 1.89 bits per heavy atom. The van der Waals surface area contributed by atoms with E-state index in [1.54, 1.807) is 0 Å². The standard InChI is InChI=1S/C23H34N2O2/c1-16-6-4-5-7-19(16)20(25(2)3)14-24-21(26)13-22-9-17-8-18(10-22)12-23(27,11-17)15-22/h4-7,17-18,20,27H,8-15H2,1-3H3,(H,24,26)/t17-,18-,20-,22?,23?/m1/s1. The number of nitrogens with zero attached hydrogens (tertiary/aromatic N) is 1. The molecule has 0 radical (unpaired) electrons. The number of benzene rings is 1. The van der Waals surface area contributed by atoms with Crippen molar-refractivity contribution in [3.05, 3.63) is 35.4 Å². The molecule has 1 amide bonds. The highest BCUT2D eigenvalue weighted by atomic mass is 16.3. The average Bonchev–Trinajstić information content (AvgIpc) is 2.53. The third-order valence-corrected chi connectivity index (χ3v) is 7.35. The molecule has 4 nitrogen and oxygen atoms in total. The largest absolute Gasteiger partial charge is 0.390 e. The summed E-state index contributed by atoms with van der Waals surface area (Å²) in [5.41, 5.74) is 2.08. The van der Waals surface area contributed by atoms with E-state index in [1.807, 2.05) is 0 Å². The highest BCUT2D eigenvalue weighted by Gasteiger charge is 2.57. The molecule has 1 aromatic rings. The minimum atomic E-state index is -0.488. The Bertz CT molecular complexity index is 700. The van der Waals surface area contributed by atoms with Crippen LogP contribution in [0.15, 0.2) is 24.3 Å². The van der Waals surface area contributed by atoms with Gasteiger partial charge in [0.1, 0.15) is 0 Å². The third-order valence-electron chi connectivity index (χ3n) is 7.35. The molecule has 27 heavy (non-hydrogen) atoms. The van der Waals surface area contributed by atoms with Gasteiger partial charge in [0.25, 0.3) is 0 Å². The van der Waals surface area contributed by atoms with Crippen LogP contribution in [0.5, 0.6) is 0 Å². The zero-order valence-electron chi connectivity index (χ0n) is 17.0. The molecule has 4 aliphatic rings. The van der Waals surface area contributed by atoms with Crippen LogP contribution in [0.1, 0.15) is 62.1 Å². The summed E-state index contributed by atoms with van der Waals surface area (Å²) in [6.45, 7) is 2.76. The Labute approximate surface area is 163 Å². The van der Waals surface area contributed by atoms with Crippen molar-refractivity contribution in [2.24, 2.45) is 17.3 Å². The number of aryl methyl sites for hydroxylation is 1. The highest BCUT2D eigenvalue weighted by Crippen LogP contribution is 2.62. The first-order valence-corrected chi connectivity index (χ1v) is 10.5. The maximum atomic E-state index is 12.9. The van der Waals surface area contributed by atoms with Crippen LogP contribution in [-0.4, -0.2) is 42.2 Å². The maximum Gasteiger partial charge on any atom is 0.220 e. The summed E-state index contributed by atoms with van der Waals surface area (Å²) in [6.07, 6.45) is 6.86. The van der Waals surface area contributed by atoms with Gasteiger partial charge in [-0.3, -0.25) is 4.79 Å². The summed E-state index contributed by atoms with van der Waals surface area (Å²) in [6, 6.07) is 8.58. The normalized spacial score (nSPS) is 35.4. The van der Waals surface area contributed by atoms with Crippen LogP contribution >= 0.6 is 0 Å². The van der Waals surface area contributed by atoms with Crippen LogP contribution in [0.25, 0.3) is 0 Å². The van der Waals surface area contributed by atoms with Gasteiger partial charge in [-0.1, -0.05) is 24.3 Å². The van der Waals surface area contributed by atoms with Gasteiger partial charge in [0, 0.05) is 13.0 Å². The lowest BCUT2D eigenvalue weighted by molar-refractivity contribution is -0.169. The summed E-state index contributed by atoms with van der Waals surface area (Å²) in [5, 5.41) is 14.1. The molecule has 0 unspecified atom stereocenters. The number of carbonyl (C=O) groups is 1. The van der Waals surface area contributed by atoms with Crippen molar-refractivity contribution >= 4 is 5.91 Å². The molecule has 0 spiro atoms. The monoisotopic (exact) mass is 370 g/mol. The molecule has 4 fully saturated rings. The van der Waals surface area contributed by atoms with Gasteiger partial charge in [0.15, 0.2) is 0 Å². The van der Waals surface area contributed by atoms with Crippen LogP contribution in [0.3, 0.4) is 0 Å². The Hall–Kier alpha value is -1.39. The van der Waals surface area contributed by atoms with Crippen molar-refractivity contribution in [3.63, 3.8) is 0 Å². The summed E-state index contributed by atoms with van der Waals surface area (Å²) in [7, 11) is 4.13. The topological polar surface area (TPSA) is 52.6 Å². The predicted octanol–water partition coefficient (Wildman–Crippen LogP) is 3.44. The number of rotatable bonds is 6. The van der Waals surface area contributed by atoms with Crippen molar-refractivity contribution in [2.75, 3.05) is 20.6 Å². The van der Waals surface area contributed by atoms with Crippen LogP contribution < -0.4 is 5.32 Å². The SMILES string of the molecule is Cc1ccccc1[C@@H](CNC(=O)CC12C[C@H]3C[C@@H](CC(O)(C3)C1)C2)N(C)C. The number of nitrogens with one attached hydrogen (secondary N) is 1. The van der Waals surface area contributed by atoms with Crippen molar-refractivity contribution < 1.29 is 9.90 Å². The summed E-state index contributed by atoms with van der Waals surface area (Å²) in [5.74, 6) is 1.41. The van der Waals surface area contributed by atoms with Crippen molar-refractivity contribution in [1.82, 2.24) is 10.2 Å². The van der Waals surface area contributed by atoms with Gasteiger partial charge in [-0.25, -0.2) is 0 Å². The van der Waals surface area contributed by atoms with E-state index in [4.69, 9.17) is 0 Å². The lowest BCUT2D eigenvalue weighted by Crippen LogP contribution is -2.56. The molecule has 0 saturated heterocycles. The zero-order valence-corrected chi connectivity index (χ0v) is 17.0. The predicted molar refractivity (Wildman–Crippen MR) is 107 cm³/mol. The lowest BCUT2D eigenvalue weighted by atomic mass is 9.47. The van der Waals surface area contributed by atoms with Gasteiger partial charge in [-0.05, 0) is 87.9 Å². The van der Waals surface area contributed by atoms with Gasteiger partial charge in [-0.15, -0.1) is 0 Å². The molecule has 1 aromatic carbocycles. The molecule has 0 aliphatic heterocycles. The van der Waals surface area contributed by atoms with Crippen LogP contribution in [0.2, 0.25) is 0 Å². The van der Waals surface area contributed by atoms with E-state index in [-0.39, 0.29) is 17.4 Å². The molecule has 4 bridgehead atoms. The Kier molecular flexibility index (Phi) is 4.84. The second-order valence-electron chi connectivity index (χ2n) is 10.0. The van der Waals surface area contributed by atoms with Crippen LogP contribution in [0.4, 0.5) is 0 Å². The minimum Gasteiger partial charge on any atom is -0.390 e. The molecule has 148 valence electrons. The Morgan fingerprint density at radius 3 is 2.48 bits per heavy atom. The fourth-order valence-corrected chi connectivity index (χ4v) is 6.75. The number of hydrogen-bond acceptors (Lipinski definition) is 3. The lowest BCUT2D eigenvalue weighted by Gasteiger charge is -2.60. The second kappa shape index (κ2) is 6.89. The van der Waals surface area contributed by atoms with E-state index in [0.717, 1.165) is 32.1 Å². The summed E-state index contributed by atoms with van der Waals surface area (Å²) >= 11 is 0. The van der Waals surface area contributed by atoms with Crippen molar-refractivity contribution in [2.45, 2.75) is 63.5 Å². The molecule has 2 N–H and O–H groups in total. The van der Waals surface area contributed by atoms with Crippen LogP contribution in [-0.2, 0) is 4.79 Å². The highest BCUT2D eigenvalue weighted by molar-refractivity contribution is 5.77. The van der Waals surface area contributed by atoms with E-state index in [1.165, 1.54) is 17.5 Å². The molecule has 3 atom stereocenters. The third kappa shape index (κ3) is 3.79. The van der Waals surface area contributed by atoms with Gasteiger partial charge in [0.05, 0.1) is 11.6 Å².